The molecular weight excluding hydrogens is 416 g/mol. The zero-order valence-electron chi connectivity index (χ0n) is 19.5. The molecule has 3 aromatic rings. The fraction of sp³-hybridized carbons (Fsp3) is 0.440. The molecule has 8 heteroatoms. The van der Waals surface area contributed by atoms with Gasteiger partial charge in [0.05, 0.1) is 5.69 Å². The first-order chi connectivity index (χ1) is 16.0. The molecule has 1 saturated carbocycles. The SMILES string of the molecule is COCCC1CC(CNC(=O)Nc2cc(-c3cnc(C)nc3)nn2C)[C@H](c2ccccc2)C1. The van der Waals surface area contributed by atoms with Crippen LogP contribution in [0.1, 0.15) is 36.6 Å². The highest BCUT2D eigenvalue weighted by molar-refractivity contribution is 5.89. The average molecular weight is 449 g/mol. The van der Waals surface area contributed by atoms with Gasteiger partial charge in [-0.3, -0.25) is 10.00 Å². The fourth-order valence-corrected chi connectivity index (χ4v) is 4.73. The van der Waals surface area contributed by atoms with Crippen molar-refractivity contribution in [3.63, 3.8) is 0 Å². The van der Waals surface area contributed by atoms with Gasteiger partial charge in [0.1, 0.15) is 11.6 Å². The standard InChI is InChI=1S/C25H32N6O2/c1-17-26-15-21(16-27-17)23-13-24(31(2)30-23)29-25(32)28-14-20-11-18(9-10-33-3)12-22(20)19-7-5-4-6-8-19/h4-8,13,15-16,18,20,22H,9-12,14H2,1-3H3,(H2,28,29,32)/t18?,20?,22-/m0/s1. The summed E-state index contributed by atoms with van der Waals surface area (Å²) in [5.74, 6) is 2.77. The number of urea groups is 1. The van der Waals surface area contributed by atoms with Crippen molar-refractivity contribution in [2.45, 2.75) is 32.1 Å². The van der Waals surface area contributed by atoms with E-state index in [0.717, 1.165) is 31.4 Å². The van der Waals surface area contributed by atoms with Crippen molar-refractivity contribution in [3.05, 3.63) is 60.2 Å². The number of hydrogen-bond acceptors (Lipinski definition) is 5. The van der Waals surface area contributed by atoms with Crippen LogP contribution in [0.4, 0.5) is 10.6 Å². The van der Waals surface area contributed by atoms with Crippen molar-refractivity contribution in [1.82, 2.24) is 25.1 Å². The number of anilines is 1. The van der Waals surface area contributed by atoms with Crippen molar-refractivity contribution in [1.29, 1.82) is 0 Å². The number of aryl methyl sites for hydroxylation is 2. The van der Waals surface area contributed by atoms with E-state index in [1.807, 2.05) is 19.1 Å². The van der Waals surface area contributed by atoms with E-state index >= 15 is 0 Å². The topological polar surface area (TPSA) is 94.0 Å². The van der Waals surface area contributed by atoms with Gasteiger partial charge in [-0.25, -0.2) is 14.8 Å². The smallest absolute Gasteiger partial charge is 0.320 e. The molecule has 1 aliphatic carbocycles. The summed E-state index contributed by atoms with van der Waals surface area (Å²) in [5, 5.41) is 10.5. The van der Waals surface area contributed by atoms with Crippen LogP contribution in [0.3, 0.4) is 0 Å². The Morgan fingerprint density at radius 1 is 1.18 bits per heavy atom. The average Bonchev–Trinajstić information content (AvgIpc) is 3.40. The molecule has 8 nitrogen and oxygen atoms in total. The predicted octanol–water partition coefficient (Wildman–Crippen LogP) is 4.15. The lowest BCUT2D eigenvalue weighted by atomic mass is 9.89. The van der Waals surface area contributed by atoms with Gasteiger partial charge in [-0.2, -0.15) is 5.10 Å². The lowest BCUT2D eigenvalue weighted by Crippen LogP contribution is -2.34. The first-order valence-corrected chi connectivity index (χ1v) is 11.4. The number of benzene rings is 1. The minimum Gasteiger partial charge on any atom is -0.385 e. The summed E-state index contributed by atoms with van der Waals surface area (Å²) >= 11 is 0. The molecule has 0 bridgehead atoms. The van der Waals surface area contributed by atoms with E-state index in [2.05, 4.69) is 50.0 Å². The predicted molar refractivity (Wildman–Crippen MR) is 128 cm³/mol. The van der Waals surface area contributed by atoms with Crippen LogP contribution in [0.15, 0.2) is 48.8 Å². The Kier molecular flexibility index (Phi) is 7.34. The maximum atomic E-state index is 12.7. The van der Waals surface area contributed by atoms with Crippen LogP contribution in [0, 0.1) is 18.8 Å². The van der Waals surface area contributed by atoms with Gasteiger partial charge in [0.25, 0.3) is 0 Å². The minimum atomic E-state index is -0.225. The number of aromatic nitrogens is 4. The molecule has 3 atom stereocenters. The number of amides is 2. The van der Waals surface area contributed by atoms with Gasteiger partial charge in [-0.1, -0.05) is 30.3 Å². The maximum Gasteiger partial charge on any atom is 0.320 e. The summed E-state index contributed by atoms with van der Waals surface area (Å²) < 4.78 is 6.95. The van der Waals surface area contributed by atoms with Gasteiger partial charge in [0.15, 0.2) is 0 Å². The van der Waals surface area contributed by atoms with Crippen LogP contribution in [0.2, 0.25) is 0 Å². The highest BCUT2D eigenvalue weighted by Crippen LogP contribution is 2.44. The number of hydrogen-bond donors (Lipinski definition) is 2. The quantitative estimate of drug-likeness (QED) is 0.540. The Balaban J connectivity index is 1.37. The molecule has 0 spiro atoms. The number of carbonyl (C=O) groups excluding carboxylic acids is 1. The number of carbonyl (C=O) groups is 1. The van der Waals surface area contributed by atoms with E-state index in [-0.39, 0.29) is 6.03 Å². The van der Waals surface area contributed by atoms with Gasteiger partial charge < -0.3 is 10.1 Å². The molecule has 2 aromatic heterocycles. The second-order valence-corrected chi connectivity index (χ2v) is 8.79. The first-order valence-electron chi connectivity index (χ1n) is 11.4. The van der Waals surface area contributed by atoms with Crippen LogP contribution in [-0.2, 0) is 11.8 Å². The highest BCUT2D eigenvalue weighted by atomic mass is 16.5. The molecule has 1 fully saturated rings. The van der Waals surface area contributed by atoms with Crippen LogP contribution >= 0.6 is 0 Å². The molecule has 2 heterocycles. The molecule has 4 rings (SSSR count). The minimum absolute atomic E-state index is 0.225. The molecule has 1 aromatic carbocycles. The molecule has 1 aliphatic rings. The summed E-state index contributed by atoms with van der Waals surface area (Å²) in [4.78, 5) is 21.1. The summed E-state index contributed by atoms with van der Waals surface area (Å²) in [5.41, 5.74) is 2.87. The second-order valence-electron chi connectivity index (χ2n) is 8.79. The van der Waals surface area contributed by atoms with E-state index < -0.39 is 0 Å². The Morgan fingerprint density at radius 2 is 1.94 bits per heavy atom. The number of methoxy groups -OCH3 is 1. The Bertz CT molecular complexity index is 1050. The van der Waals surface area contributed by atoms with E-state index in [1.165, 1.54) is 5.56 Å². The van der Waals surface area contributed by atoms with E-state index in [1.54, 1.807) is 31.2 Å². The molecule has 0 saturated heterocycles. The highest BCUT2D eigenvalue weighted by Gasteiger charge is 2.35. The molecule has 0 radical (unpaired) electrons. The zero-order chi connectivity index (χ0) is 23.2. The molecule has 2 unspecified atom stereocenters. The summed E-state index contributed by atoms with van der Waals surface area (Å²) in [6.07, 6.45) is 6.75. The van der Waals surface area contributed by atoms with Crippen LogP contribution in [0.5, 0.6) is 0 Å². The van der Waals surface area contributed by atoms with E-state index in [9.17, 15) is 4.79 Å². The summed E-state index contributed by atoms with van der Waals surface area (Å²) in [6.45, 7) is 3.25. The number of rotatable bonds is 8. The number of nitrogens with zero attached hydrogens (tertiary/aromatic N) is 4. The van der Waals surface area contributed by atoms with Gasteiger partial charge >= 0.3 is 6.03 Å². The summed E-state index contributed by atoms with van der Waals surface area (Å²) in [7, 11) is 3.56. The monoisotopic (exact) mass is 448 g/mol. The third-order valence-corrected chi connectivity index (χ3v) is 6.47. The molecule has 33 heavy (non-hydrogen) atoms. The fourth-order valence-electron chi connectivity index (χ4n) is 4.73. The van der Waals surface area contributed by atoms with Crippen LogP contribution < -0.4 is 10.6 Å². The van der Waals surface area contributed by atoms with Crippen molar-refractivity contribution < 1.29 is 9.53 Å². The van der Waals surface area contributed by atoms with Gasteiger partial charge in [-0.15, -0.1) is 0 Å². The van der Waals surface area contributed by atoms with E-state index in [0.29, 0.717) is 41.6 Å². The van der Waals surface area contributed by atoms with Crippen molar-refractivity contribution >= 4 is 11.8 Å². The molecular formula is C25H32N6O2. The van der Waals surface area contributed by atoms with Crippen molar-refractivity contribution in [3.8, 4) is 11.3 Å². The van der Waals surface area contributed by atoms with Crippen LogP contribution in [0.25, 0.3) is 11.3 Å². The summed E-state index contributed by atoms with van der Waals surface area (Å²) in [6, 6.07) is 12.2. The van der Waals surface area contributed by atoms with Crippen molar-refractivity contribution in [2.24, 2.45) is 18.9 Å². The number of nitrogens with one attached hydrogen (secondary N) is 2. The maximum absolute atomic E-state index is 12.7. The first kappa shape index (κ1) is 22.9. The second kappa shape index (κ2) is 10.6. The van der Waals surface area contributed by atoms with Crippen LogP contribution in [-0.4, -0.2) is 46.0 Å². The largest absolute Gasteiger partial charge is 0.385 e. The lowest BCUT2D eigenvalue weighted by Gasteiger charge is -2.20. The lowest BCUT2D eigenvalue weighted by molar-refractivity contribution is 0.177. The third kappa shape index (κ3) is 5.76. The van der Waals surface area contributed by atoms with Crippen molar-refractivity contribution in [2.75, 3.05) is 25.6 Å². The Morgan fingerprint density at radius 3 is 2.67 bits per heavy atom. The van der Waals surface area contributed by atoms with Gasteiger partial charge in [0, 0.05) is 51.3 Å². The Hall–Kier alpha value is -3.26. The third-order valence-electron chi connectivity index (χ3n) is 6.47. The normalized spacial score (nSPS) is 20.0. The molecule has 2 N–H and O–H groups in total. The Labute approximate surface area is 194 Å². The van der Waals surface area contributed by atoms with Gasteiger partial charge in [-0.05, 0) is 49.5 Å². The molecule has 174 valence electrons. The zero-order valence-corrected chi connectivity index (χ0v) is 19.5. The molecule has 2 amide bonds. The molecule has 0 aliphatic heterocycles. The number of ether oxygens (including phenoxy) is 1. The van der Waals surface area contributed by atoms with Gasteiger partial charge in [0.2, 0.25) is 0 Å². The van der Waals surface area contributed by atoms with E-state index in [4.69, 9.17) is 4.74 Å².